The highest BCUT2D eigenvalue weighted by Gasteiger charge is 2.05. The third-order valence-corrected chi connectivity index (χ3v) is 2.86. The van der Waals surface area contributed by atoms with Gasteiger partial charge in [0.05, 0.1) is 7.11 Å². The highest BCUT2D eigenvalue weighted by molar-refractivity contribution is 5.93. The molecule has 0 aliphatic heterocycles. The summed E-state index contributed by atoms with van der Waals surface area (Å²) in [7, 11) is 1.69. The van der Waals surface area contributed by atoms with Gasteiger partial charge in [-0.1, -0.05) is 42.0 Å². The first kappa shape index (κ1) is 11.7. The van der Waals surface area contributed by atoms with E-state index in [9.17, 15) is 0 Å². The molecule has 0 bridgehead atoms. The molecule has 2 heteroatoms. The molecular formula is C15H17NO. The number of hydrogen-bond donors (Lipinski definition) is 1. The minimum absolute atomic E-state index is 0.562. The molecule has 2 rings (SSSR count). The lowest BCUT2D eigenvalue weighted by Crippen LogP contribution is -1.99. The molecular weight excluding hydrogens is 210 g/mol. The van der Waals surface area contributed by atoms with Crippen molar-refractivity contribution >= 4 is 16.8 Å². The van der Waals surface area contributed by atoms with E-state index in [4.69, 9.17) is 10.5 Å². The second kappa shape index (κ2) is 5.02. The van der Waals surface area contributed by atoms with Gasteiger partial charge in [0, 0.05) is 12.1 Å². The Morgan fingerprint density at radius 1 is 1.24 bits per heavy atom. The molecule has 2 N–H and O–H groups in total. The Morgan fingerprint density at radius 3 is 2.71 bits per heavy atom. The predicted molar refractivity (Wildman–Crippen MR) is 73.2 cm³/mol. The number of nitrogens with two attached hydrogens (primary N) is 1. The summed E-state index contributed by atoms with van der Waals surface area (Å²) in [6.45, 7) is 2.59. The van der Waals surface area contributed by atoms with Gasteiger partial charge in [0.2, 0.25) is 0 Å². The van der Waals surface area contributed by atoms with Crippen molar-refractivity contribution in [1.29, 1.82) is 0 Å². The van der Waals surface area contributed by atoms with Crippen LogP contribution in [0.2, 0.25) is 0 Å². The van der Waals surface area contributed by atoms with Gasteiger partial charge >= 0.3 is 0 Å². The first-order valence-corrected chi connectivity index (χ1v) is 5.69. The van der Waals surface area contributed by atoms with Crippen LogP contribution in [-0.4, -0.2) is 13.7 Å². The second-order valence-corrected chi connectivity index (χ2v) is 4.10. The standard InChI is InChI=1S/C15H17NO/c1-11(10-16)9-14-13-6-4-3-5-12(13)7-8-15(14)17-2/h3-9H,10,16H2,1-2H3. The monoisotopic (exact) mass is 227 g/mol. The quantitative estimate of drug-likeness (QED) is 0.873. The van der Waals surface area contributed by atoms with Gasteiger partial charge in [-0.15, -0.1) is 0 Å². The smallest absolute Gasteiger partial charge is 0.126 e. The highest BCUT2D eigenvalue weighted by atomic mass is 16.5. The summed E-state index contributed by atoms with van der Waals surface area (Å²) in [4.78, 5) is 0. The van der Waals surface area contributed by atoms with Gasteiger partial charge in [0.25, 0.3) is 0 Å². The summed E-state index contributed by atoms with van der Waals surface area (Å²) in [5, 5.41) is 2.41. The van der Waals surface area contributed by atoms with Crippen LogP contribution in [0.3, 0.4) is 0 Å². The first-order chi connectivity index (χ1) is 8.26. The Kier molecular flexibility index (Phi) is 3.45. The Morgan fingerprint density at radius 2 is 2.00 bits per heavy atom. The van der Waals surface area contributed by atoms with Crippen molar-refractivity contribution in [2.45, 2.75) is 6.92 Å². The van der Waals surface area contributed by atoms with E-state index in [2.05, 4.69) is 24.3 Å². The molecule has 0 aliphatic rings. The summed E-state index contributed by atoms with van der Waals surface area (Å²) >= 11 is 0. The SMILES string of the molecule is COc1ccc2ccccc2c1C=C(C)CN. The zero-order valence-electron chi connectivity index (χ0n) is 10.2. The van der Waals surface area contributed by atoms with Gasteiger partial charge in [-0.3, -0.25) is 0 Å². The molecule has 0 saturated heterocycles. The third-order valence-electron chi connectivity index (χ3n) is 2.86. The zero-order chi connectivity index (χ0) is 12.3. The molecule has 0 saturated carbocycles. The predicted octanol–water partition coefficient (Wildman–Crippen LogP) is 3.21. The van der Waals surface area contributed by atoms with Gasteiger partial charge in [0.15, 0.2) is 0 Å². The number of ether oxygens (including phenoxy) is 1. The molecule has 2 nitrogen and oxygen atoms in total. The molecule has 0 radical (unpaired) electrons. The summed E-state index contributed by atoms with van der Waals surface area (Å²) in [6.07, 6.45) is 2.10. The van der Waals surface area contributed by atoms with Gasteiger partial charge in [-0.2, -0.15) is 0 Å². The molecule has 17 heavy (non-hydrogen) atoms. The molecule has 0 atom stereocenters. The molecule has 0 aliphatic carbocycles. The third kappa shape index (κ3) is 2.32. The van der Waals surface area contributed by atoms with E-state index in [1.165, 1.54) is 10.8 Å². The van der Waals surface area contributed by atoms with Crippen LogP contribution in [0.5, 0.6) is 5.75 Å². The van der Waals surface area contributed by atoms with Gasteiger partial charge < -0.3 is 10.5 Å². The lowest BCUT2D eigenvalue weighted by Gasteiger charge is -2.09. The molecule has 0 aromatic heterocycles. The van der Waals surface area contributed by atoms with Crippen molar-refractivity contribution in [2.75, 3.05) is 13.7 Å². The van der Waals surface area contributed by atoms with Crippen molar-refractivity contribution in [3.05, 3.63) is 47.5 Å². The fourth-order valence-corrected chi connectivity index (χ4v) is 1.91. The van der Waals surface area contributed by atoms with Crippen LogP contribution < -0.4 is 10.5 Å². The van der Waals surface area contributed by atoms with Crippen LogP contribution >= 0.6 is 0 Å². The van der Waals surface area contributed by atoms with Crippen molar-refractivity contribution in [2.24, 2.45) is 5.73 Å². The number of benzene rings is 2. The fraction of sp³-hybridized carbons (Fsp3) is 0.200. The first-order valence-electron chi connectivity index (χ1n) is 5.69. The van der Waals surface area contributed by atoms with E-state index < -0.39 is 0 Å². The van der Waals surface area contributed by atoms with E-state index in [0.717, 1.165) is 16.9 Å². The molecule has 88 valence electrons. The lowest BCUT2D eigenvalue weighted by atomic mass is 10.0. The average molecular weight is 227 g/mol. The van der Waals surface area contributed by atoms with Crippen molar-refractivity contribution < 1.29 is 4.74 Å². The fourth-order valence-electron chi connectivity index (χ4n) is 1.91. The Labute approximate surface area is 102 Å². The summed E-state index contributed by atoms with van der Waals surface area (Å²) in [6, 6.07) is 12.4. The molecule has 0 spiro atoms. The maximum absolute atomic E-state index is 5.65. The number of hydrogen-bond acceptors (Lipinski definition) is 2. The largest absolute Gasteiger partial charge is 0.496 e. The highest BCUT2D eigenvalue weighted by Crippen LogP contribution is 2.29. The van der Waals surface area contributed by atoms with Crippen LogP contribution in [0, 0.1) is 0 Å². The Bertz CT molecular complexity index is 558. The molecule has 0 fully saturated rings. The maximum Gasteiger partial charge on any atom is 0.126 e. The van der Waals surface area contributed by atoms with Gasteiger partial charge in [-0.25, -0.2) is 0 Å². The summed E-state index contributed by atoms with van der Waals surface area (Å²) < 4.78 is 5.41. The van der Waals surface area contributed by atoms with Crippen LogP contribution in [-0.2, 0) is 0 Å². The van der Waals surface area contributed by atoms with Crippen molar-refractivity contribution in [1.82, 2.24) is 0 Å². The summed E-state index contributed by atoms with van der Waals surface area (Å²) in [5.41, 5.74) is 7.89. The lowest BCUT2D eigenvalue weighted by molar-refractivity contribution is 0.414. The van der Waals surface area contributed by atoms with E-state index in [1.54, 1.807) is 7.11 Å². The summed E-state index contributed by atoms with van der Waals surface area (Å²) in [5.74, 6) is 0.886. The van der Waals surface area contributed by atoms with Gasteiger partial charge in [0.1, 0.15) is 5.75 Å². The van der Waals surface area contributed by atoms with E-state index in [0.29, 0.717) is 6.54 Å². The van der Waals surface area contributed by atoms with Crippen molar-refractivity contribution in [3.8, 4) is 5.75 Å². The molecule has 2 aromatic carbocycles. The maximum atomic E-state index is 5.65. The Balaban J connectivity index is 2.71. The minimum atomic E-state index is 0.562. The van der Waals surface area contributed by atoms with E-state index in [1.807, 2.05) is 25.1 Å². The van der Waals surface area contributed by atoms with E-state index >= 15 is 0 Å². The van der Waals surface area contributed by atoms with E-state index in [-0.39, 0.29) is 0 Å². The second-order valence-electron chi connectivity index (χ2n) is 4.10. The number of rotatable bonds is 3. The molecule has 0 unspecified atom stereocenters. The number of methoxy groups -OCH3 is 1. The molecule has 0 heterocycles. The topological polar surface area (TPSA) is 35.2 Å². The van der Waals surface area contributed by atoms with Crippen LogP contribution in [0.4, 0.5) is 0 Å². The zero-order valence-corrected chi connectivity index (χ0v) is 10.2. The minimum Gasteiger partial charge on any atom is -0.496 e. The normalized spacial score (nSPS) is 11.8. The van der Waals surface area contributed by atoms with Crippen molar-refractivity contribution in [3.63, 3.8) is 0 Å². The van der Waals surface area contributed by atoms with Crippen LogP contribution in [0.15, 0.2) is 42.0 Å². The Hall–Kier alpha value is -1.80. The van der Waals surface area contributed by atoms with Crippen LogP contribution in [0.25, 0.3) is 16.8 Å². The molecule has 2 aromatic rings. The van der Waals surface area contributed by atoms with Gasteiger partial charge in [-0.05, 0) is 23.8 Å². The average Bonchev–Trinajstić information content (AvgIpc) is 2.39. The van der Waals surface area contributed by atoms with Crippen LogP contribution in [0.1, 0.15) is 12.5 Å². The number of fused-ring (bicyclic) bond motifs is 1. The molecule has 0 amide bonds.